The molecular formula is C12H16BrF3OSi. The molecule has 0 atom stereocenters. The number of hydrogen-bond acceptors (Lipinski definition) is 1. The van der Waals surface area contributed by atoms with Gasteiger partial charge in [0.25, 0.3) is 0 Å². The zero-order valence-electron chi connectivity index (χ0n) is 10.6. The Kier molecular flexibility index (Phi) is 4.88. The average Bonchev–Trinajstić information content (AvgIpc) is 2.17. The van der Waals surface area contributed by atoms with Crippen molar-refractivity contribution in [2.75, 3.05) is 6.61 Å². The summed E-state index contributed by atoms with van der Waals surface area (Å²) in [6.45, 7) is 7.20. The highest BCUT2D eigenvalue weighted by Crippen LogP contribution is 2.34. The van der Waals surface area contributed by atoms with Crippen molar-refractivity contribution in [2.45, 2.75) is 31.9 Å². The Morgan fingerprint density at radius 2 is 1.83 bits per heavy atom. The van der Waals surface area contributed by atoms with E-state index >= 15 is 0 Å². The molecule has 6 heteroatoms. The molecule has 0 saturated carbocycles. The molecule has 1 rings (SSSR count). The van der Waals surface area contributed by atoms with Crippen molar-refractivity contribution in [3.05, 3.63) is 28.2 Å². The fourth-order valence-corrected chi connectivity index (χ4v) is 2.47. The predicted octanol–water partition coefficient (Wildman–Crippen LogP) is 5.18. The second-order valence-corrected chi connectivity index (χ2v) is 11.8. The van der Waals surface area contributed by atoms with E-state index in [9.17, 15) is 13.2 Å². The number of alkyl halides is 3. The van der Waals surface area contributed by atoms with Gasteiger partial charge in [-0.3, -0.25) is 0 Å². The zero-order valence-corrected chi connectivity index (χ0v) is 13.2. The molecule has 0 aliphatic heterocycles. The Hall–Kier alpha value is -0.493. The van der Waals surface area contributed by atoms with Crippen LogP contribution in [0.25, 0.3) is 0 Å². The summed E-state index contributed by atoms with van der Waals surface area (Å²) in [5.41, 5.74) is -0.674. The molecule has 18 heavy (non-hydrogen) atoms. The molecule has 0 aromatic heterocycles. The normalized spacial score (nSPS) is 12.6. The third-order valence-electron chi connectivity index (χ3n) is 2.37. The van der Waals surface area contributed by atoms with Gasteiger partial charge in [-0.1, -0.05) is 19.6 Å². The van der Waals surface area contributed by atoms with Gasteiger partial charge in [-0.2, -0.15) is 13.2 Å². The molecule has 0 spiro atoms. The lowest BCUT2D eigenvalue weighted by Gasteiger charge is -2.17. The molecule has 0 amide bonds. The van der Waals surface area contributed by atoms with E-state index in [0.717, 1.165) is 18.2 Å². The average molecular weight is 341 g/mol. The van der Waals surface area contributed by atoms with Crippen LogP contribution in [0.4, 0.5) is 13.2 Å². The summed E-state index contributed by atoms with van der Waals surface area (Å²) in [5.74, 6) is 0.459. The highest BCUT2D eigenvalue weighted by molar-refractivity contribution is 9.10. The van der Waals surface area contributed by atoms with Crippen molar-refractivity contribution in [1.82, 2.24) is 0 Å². The topological polar surface area (TPSA) is 9.23 Å². The number of rotatable bonds is 4. The van der Waals surface area contributed by atoms with Gasteiger partial charge in [0.15, 0.2) is 0 Å². The smallest absolute Gasteiger partial charge is 0.416 e. The molecule has 0 heterocycles. The minimum absolute atomic E-state index is 0.341. The standard InChI is InChI=1S/C12H16BrF3OSi/c1-18(2,3)7-6-17-11-5-4-9(8-10(11)13)12(14,15)16/h4-5,8H,6-7H2,1-3H3. The summed E-state index contributed by atoms with van der Waals surface area (Å²) >= 11 is 3.11. The van der Waals surface area contributed by atoms with Gasteiger partial charge in [0.2, 0.25) is 0 Å². The van der Waals surface area contributed by atoms with Crippen molar-refractivity contribution >= 4 is 24.0 Å². The molecule has 1 aromatic carbocycles. The van der Waals surface area contributed by atoms with Crippen LogP contribution in [0.3, 0.4) is 0 Å². The molecule has 0 aliphatic carbocycles. The van der Waals surface area contributed by atoms with E-state index in [1.807, 2.05) is 0 Å². The highest BCUT2D eigenvalue weighted by atomic mass is 79.9. The first-order valence-electron chi connectivity index (χ1n) is 5.59. The van der Waals surface area contributed by atoms with Crippen LogP contribution in [-0.2, 0) is 6.18 Å². The van der Waals surface area contributed by atoms with E-state index in [2.05, 4.69) is 35.6 Å². The van der Waals surface area contributed by atoms with Gasteiger partial charge in [-0.25, -0.2) is 0 Å². The molecule has 0 fully saturated rings. The van der Waals surface area contributed by atoms with Crippen molar-refractivity contribution < 1.29 is 17.9 Å². The second kappa shape index (κ2) is 5.65. The van der Waals surface area contributed by atoms with Crippen LogP contribution in [0.15, 0.2) is 22.7 Å². The molecule has 102 valence electrons. The van der Waals surface area contributed by atoms with Crippen LogP contribution in [0.2, 0.25) is 25.7 Å². The van der Waals surface area contributed by atoms with E-state index in [1.165, 1.54) is 6.07 Å². The van der Waals surface area contributed by atoms with Gasteiger partial charge in [0.05, 0.1) is 16.6 Å². The summed E-state index contributed by atoms with van der Waals surface area (Å²) in [4.78, 5) is 0. The van der Waals surface area contributed by atoms with Gasteiger partial charge in [0.1, 0.15) is 5.75 Å². The summed E-state index contributed by atoms with van der Waals surface area (Å²) < 4.78 is 43.2. The number of hydrogen-bond donors (Lipinski definition) is 0. The maximum absolute atomic E-state index is 12.5. The fraction of sp³-hybridized carbons (Fsp3) is 0.500. The van der Waals surface area contributed by atoms with Crippen LogP contribution in [0.1, 0.15) is 5.56 Å². The molecule has 1 nitrogen and oxygen atoms in total. The van der Waals surface area contributed by atoms with Crippen molar-refractivity contribution in [3.8, 4) is 5.75 Å². The van der Waals surface area contributed by atoms with Crippen LogP contribution < -0.4 is 4.74 Å². The summed E-state index contributed by atoms with van der Waals surface area (Å²) in [6, 6.07) is 4.41. The Balaban J connectivity index is 2.69. The minimum Gasteiger partial charge on any atom is -0.493 e. The van der Waals surface area contributed by atoms with Gasteiger partial charge in [-0.15, -0.1) is 0 Å². The predicted molar refractivity (Wildman–Crippen MR) is 72.8 cm³/mol. The van der Waals surface area contributed by atoms with Crippen LogP contribution in [-0.4, -0.2) is 14.7 Å². The van der Waals surface area contributed by atoms with E-state index in [1.54, 1.807) is 0 Å². The third kappa shape index (κ3) is 5.02. The largest absolute Gasteiger partial charge is 0.493 e. The first-order valence-corrected chi connectivity index (χ1v) is 10.1. The molecule has 0 saturated heterocycles. The minimum atomic E-state index is -4.32. The zero-order chi connectivity index (χ0) is 14.0. The summed E-state index contributed by atoms with van der Waals surface area (Å²) in [5, 5.41) is 0. The highest BCUT2D eigenvalue weighted by Gasteiger charge is 2.30. The maximum atomic E-state index is 12.5. The van der Waals surface area contributed by atoms with Gasteiger partial charge in [-0.05, 0) is 40.2 Å². The number of halogens is 4. The SMILES string of the molecule is C[Si](C)(C)CCOc1ccc(C(F)(F)F)cc1Br. The number of benzene rings is 1. The molecule has 0 bridgehead atoms. The van der Waals surface area contributed by atoms with E-state index in [0.29, 0.717) is 16.8 Å². The first kappa shape index (κ1) is 15.6. The lowest BCUT2D eigenvalue weighted by molar-refractivity contribution is -0.137. The van der Waals surface area contributed by atoms with Crippen molar-refractivity contribution in [1.29, 1.82) is 0 Å². The third-order valence-corrected chi connectivity index (χ3v) is 4.69. The molecule has 0 N–H and O–H groups in total. The summed E-state index contributed by atoms with van der Waals surface area (Å²) in [7, 11) is -1.19. The van der Waals surface area contributed by atoms with Crippen molar-refractivity contribution in [2.24, 2.45) is 0 Å². The van der Waals surface area contributed by atoms with Crippen LogP contribution in [0.5, 0.6) is 5.75 Å². The van der Waals surface area contributed by atoms with Crippen LogP contribution >= 0.6 is 15.9 Å². The Labute approximate surface area is 114 Å². The first-order chi connectivity index (χ1) is 8.09. The Morgan fingerprint density at radius 3 is 2.28 bits per heavy atom. The molecule has 0 radical (unpaired) electrons. The van der Waals surface area contributed by atoms with E-state index < -0.39 is 19.8 Å². The Morgan fingerprint density at radius 1 is 1.22 bits per heavy atom. The van der Waals surface area contributed by atoms with Gasteiger partial charge < -0.3 is 4.74 Å². The Bertz CT molecular complexity index is 413. The monoisotopic (exact) mass is 340 g/mol. The van der Waals surface area contributed by atoms with Gasteiger partial charge in [0, 0.05) is 8.07 Å². The molecule has 0 unspecified atom stereocenters. The lowest BCUT2D eigenvalue weighted by Crippen LogP contribution is -2.22. The molecule has 0 aliphatic rings. The summed E-state index contributed by atoms with van der Waals surface area (Å²) in [6.07, 6.45) is -4.32. The van der Waals surface area contributed by atoms with E-state index in [-0.39, 0.29) is 0 Å². The molecular weight excluding hydrogens is 325 g/mol. The van der Waals surface area contributed by atoms with E-state index in [4.69, 9.17) is 4.74 Å². The van der Waals surface area contributed by atoms with Crippen molar-refractivity contribution in [3.63, 3.8) is 0 Å². The fourth-order valence-electron chi connectivity index (χ4n) is 1.26. The molecule has 1 aromatic rings. The lowest BCUT2D eigenvalue weighted by atomic mass is 10.2. The number of ether oxygens (including phenoxy) is 1. The van der Waals surface area contributed by atoms with Gasteiger partial charge >= 0.3 is 6.18 Å². The maximum Gasteiger partial charge on any atom is 0.416 e. The second-order valence-electron chi connectivity index (χ2n) is 5.30. The van der Waals surface area contributed by atoms with Crippen LogP contribution in [0, 0.1) is 0 Å². The quantitative estimate of drug-likeness (QED) is 0.685.